The van der Waals surface area contributed by atoms with Crippen molar-refractivity contribution >= 4 is 41.8 Å². The maximum absolute atomic E-state index is 13.6. The number of piperazine rings is 1. The number of β-amino-alcohol motifs (C(OH)–C–C–N with tert-alkyl or cyclic N) is 1. The molecule has 0 unspecified atom stereocenters. The summed E-state index contributed by atoms with van der Waals surface area (Å²) in [6, 6.07) is 4.79. The number of aromatic nitrogens is 4. The minimum atomic E-state index is -0.654. The van der Waals surface area contributed by atoms with E-state index in [-0.39, 0.29) is 30.8 Å². The van der Waals surface area contributed by atoms with Gasteiger partial charge in [0.2, 0.25) is 11.9 Å². The zero-order chi connectivity index (χ0) is 29.3. The molecule has 0 bridgehead atoms. The summed E-state index contributed by atoms with van der Waals surface area (Å²) in [5.41, 5.74) is 8.38. The second kappa shape index (κ2) is 13.0. The molecule has 2 aliphatic heterocycles. The highest BCUT2D eigenvalue weighted by Gasteiger charge is 2.38. The van der Waals surface area contributed by atoms with Crippen LogP contribution in [0.15, 0.2) is 36.5 Å². The molecule has 14 heteroatoms. The monoisotopic (exact) mass is 603 g/mol. The van der Waals surface area contributed by atoms with Gasteiger partial charge >= 0.3 is 0 Å². The van der Waals surface area contributed by atoms with E-state index in [1.807, 2.05) is 17.9 Å². The number of likely N-dealkylation sites (N-methyl/N-ethyl adjacent to an activating group) is 1. The lowest BCUT2D eigenvalue weighted by Crippen LogP contribution is -2.46. The number of aliphatic hydroxyl groups is 1. The molecule has 0 saturated carbocycles. The number of carbonyl (C=O) groups is 1. The van der Waals surface area contributed by atoms with E-state index in [9.17, 15) is 18.7 Å². The molecule has 226 valence electrons. The normalized spacial score (nSPS) is 19.4. The topological polar surface area (TPSA) is 120 Å². The number of halogens is 3. The lowest BCUT2D eigenvalue weighted by Gasteiger charge is -2.35. The second-order valence-corrected chi connectivity index (χ2v) is 10.6. The van der Waals surface area contributed by atoms with E-state index < -0.39 is 23.8 Å². The van der Waals surface area contributed by atoms with E-state index in [4.69, 9.17) is 5.73 Å². The number of benzene rings is 1. The van der Waals surface area contributed by atoms with Gasteiger partial charge in [0.05, 0.1) is 18.0 Å². The number of nitrogens with zero attached hydrogens (tertiary/aromatic N) is 8. The lowest BCUT2D eigenvalue weighted by molar-refractivity contribution is -0.130. The lowest BCUT2D eigenvalue weighted by atomic mass is 10.2. The molecule has 0 radical (unpaired) electrons. The number of carbonyl (C=O) groups excluding carboxylic acids is 1. The smallest absolute Gasteiger partial charge is 0.244 e. The van der Waals surface area contributed by atoms with E-state index in [0.29, 0.717) is 36.8 Å². The zero-order valence-corrected chi connectivity index (χ0v) is 24.6. The van der Waals surface area contributed by atoms with Gasteiger partial charge in [-0.1, -0.05) is 12.2 Å². The van der Waals surface area contributed by atoms with Crippen molar-refractivity contribution in [3.05, 3.63) is 59.4 Å². The molecule has 2 aliphatic rings. The van der Waals surface area contributed by atoms with Crippen molar-refractivity contribution in [2.24, 2.45) is 0 Å². The van der Waals surface area contributed by atoms with Crippen LogP contribution in [-0.4, -0.2) is 106 Å². The molecule has 2 atom stereocenters. The second-order valence-electron chi connectivity index (χ2n) is 10.6. The van der Waals surface area contributed by atoms with Crippen molar-refractivity contribution < 1.29 is 18.7 Å². The third-order valence-electron chi connectivity index (χ3n) is 7.53. The highest BCUT2D eigenvalue weighted by atomic mass is 35.5. The summed E-state index contributed by atoms with van der Waals surface area (Å²) in [7, 11) is 3.37. The number of nitrogen functional groups attached to an aromatic ring is 1. The van der Waals surface area contributed by atoms with Gasteiger partial charge < -0.3 is 25.5 Å². The molecular formula is C28H36ClF2N9O2. The van der Waals surface area contributed by atoms with Crippen molar-refractivity contribution in [3.8, 4) is 5.82 Å². The first kappa shape index (κ1) is 31.1. The quantitative estimate of drug-likeness (QED) is 0.418. The first-order chi connectivity index (χ1) is 19.6. The highest BCUT2D eigenvalue weighted by molar-refractivity contribution is 5.86. The summed E-state index contributed by atoms with van der Waals surface area (Å²) < 4.78 is 28.9. The Hall–Kier alpha value is -3.81. The Morgan fingerprint density at radius 2 is 1.76 bits per heavy atom. The van der Waals surface area contributed by atoms with Crippen molar-refractivity contribution in [1.29, 1.82) is 0 Å². The van der Waals surface area contributed by atoms with Gasteiger partial charge in [-0.05, 0) is 19.1 Å². The number of aliphatic hydroxyl groups excluding tert-OH is 1. The van der Waals surface area contributed by atoms with E-state index in [1.165, 1.54) is 17.0 Å². The Morgan fingerprint density at radius 1 is 1.10 bits per heavy atom. The fourth-order valence-electron chi connectivity index (χ4n) is 5.35. The molecule has 0 spiro atoms. The molecule has 2 aromatic heterocycles. The third kappa shape index (κ3) is 6.80. The fraction of sp³-hybridized carbons (Fsp3) is 0.429. The van der Waals surface area contributed by atoms with Crippen LogP contribution in [0.25, 0.3) is 11.9 Å². The summed E-state index contributed by atoms with van der Waals surface area (Å²) >= 11 is 0. The molecule has 11 nitrogen and oxygen atoms in total. The largest absolute Gasteiger partial charge is 0.391 e. The molecule has 5 rings (SSSR count). The predicted octanol–water partition coefficient (Wildman–Crippen LogP) is 2.12. The molecule has 4 heterocycles. The van der Waals surface area contributed by atoms with Gasteiger partial charge in [-0.3, -0.25) is 9.69 Å². The van der Waals surface area contributed by atoms with Crippen LogP contribution in [-0.2, 0) is 4.79 Å². The number of hydrogen-bond donors (Lipinski definition) is 2. The maximum Gasteiger partial charge on any atom is 0.244 e. The van der Waals surface area contributed by atoms with Crippen LogP contribution in [0.1, 0.15) is 17.7 Å². The van der Waals surface area contributed by atoms with E-state index in [1.54, 1.807) is 35.9 Å². The summed E-state index contributed by atoms with van der Waals surface area (Å²) in [5, 5.41) is 14.8. The standard InChI is InChI=1S/C28H35F2N9O2.ClH/c1-18-19(5-4-6-36-7-9-37(10-8-36)22-12-20(29)11-21(30)13-22)16-32-39(18)26-15-25(33-28(31)34-26)38-17-23(40)14-24(38)27(41)35(2)3;/h4-5,11-13,15-16,23-24,40H,6-10,14,17H2,1-3H3,(H2,31,33,34);1H/t23-,24-;/m0./s1. The van der Waals surface area contributed by atoms with Crippen LogP contribution in [0, 0.1) is 18.6 Å². The Labute approximate surface area is 249 Å². The van der Waals surface area contributed by atoms with E-state index in [0.717, 1.165) is 37.0 Å². The molecular weight excluding hydrogens is 568 g/mol. The summed E-state index contributed by atoms with van der Waals surface area (Å²) in [6.45, 7) is 5.82. The molecule has 42 heavy (non-hydrogen) atoms. The maximum atomic E-state index is 13.6. The molecule has 1 aromatic carbocycles. The van der Waals surface area contributed by atoms with Crippen molar-refractivity contribution in [3.63, 3.8) is 0 Å². The fourth-order valence-corrected chi connectivity index (χ4v) is 5.35. The summed E-state index contributed by atoms with van der Waals surface area (Å²) in [5.74, 6) is -0.293. The Morgan fingerprint density at radius 3 is 2.43 bits per heavy atom. The predicted molar refractivity (Wildman–Crippen MR) is 160 cm³/mol. The van der Waals surface area contributed by atoms with Gasteiger partial charge in [0, 0.05) is 83.2 Å². The first-order valence-corrected chi connectivity index (χ1v) is 13.5. The average molecular weight is 604 g/mol. The number of hydrogen-bond acceptors (Lipinski definition) is 9. The van der Waals surface area contributed by atoms with Gasteiger partial charge in [0.1, 0.15) is 23.5 Å². The Balaban J connectivity index is 0.00000405. The first-order valence-electron chi connectivity index (χ1n) is 13.5. The van der Waals surface area contributed by atoms with Gasteiger partial charge in [0.15, 0.2) is 5.82 Å². The number of amides is 1. The number of anilines is 3. The van der Waals surface area contributed by atoms with Crippen molar-refractivity contribution in [2.75, 3.05) is 68.9 Å². The third-order valence-corrected chi connectivity index (χ3v) is 7.53. The molecule has 0 aliphatic carbocycles. The minimum Gasteiger partial charge on any atom is -0.391 e. The van der Waals surface area contributed by atoms with E-state index in [2.05, 4.69) is 26.0 Å². The molecule has 2 fully saturated rings. The number of nitrogens with two attached hydrogens (primary N) is 1. The van der Waals surface area contributed by atoms with Gasteiger partial charge in [-0.25, -0.2) is 13.5 Å². The number of rotatable bonds is 7. The molecule has 2 saturated heterocycles. The van der Waals surface area contributed by atoms with Crippen LogP contribution in [0.5, 0.6) is 0 Å². The molecule has 3 N–H and O–H groups in total. The summed E-state index contributed by atoms with van der Waals surface area (Å²) in [4.78, 5) is 29.0. The van der Waals surface area contributed by atoms with Gasteiger partial charge in [-0.15, -0.1) is 12.4 Å². The van der Waals surface area contributed by atoms with Crippen molar-refractivity contribution in [1.82, 2.24) is 29.5 Å². The SMILES string of the molecule is Cc1c(C=CCN2CCN(c3cc(F)cc(F)c3)CC2)cnn1-c1cc(N2C[C@@H](O)C[C@H]2C(=O)N(C)C)nc(N)n1.Cl. The van der Waals surface area contributed by atoms with Crippen LogP contribution in [0.2, 0.25) is 0 Å². The van der Waals surface area contributed by atoms with Crippen LogP contribution in [0.4, 0.5) is 26.2 Å². The van der Waals surface area contributed by atoms with Crippen molar-refractivity contribution in [2.45, 2.75) is 25.5 Å². The van der Waals surface area contributed by atoms with Gasteiger partial charge in [0.25, 0.3) is 0 Å². The average Bonchev–Trinajstić information content (AvgIpc) is 3.50. The molecule has 1 amide bonds. The van der Waals surface area contributed by atoms with E-state index >= 15 is 0 Å². The van der Waals surface area contributed by atoms with Crippen LogP contribution < -0.4 is 15.5 Å². The Bertz CT molecular complexity index is 1420. The van der Waals surface area contributed by atoms with Crippen LogP contribution in [0.3, 0.4) is 0 Å². The summed E-state index contributed by atoms with van der Waals surface area (Å²) in [6.07, 6.45) is 5.47. The highest BCUT2D eigenvalue weighted by Crippen LogP contribution is 2.28. The van der Waals surface area contributed by atoms with Gasteiger partial charge in [-0.2, -0.15) is 15.1 Å². The zero-order valence-electron chi connectivity index (χ0n) is 23.8. The van der Waals surface area contributed by atoms with Crippen LogP contribution >= 0.6 is 12.4 Å². The minimum absolute atomic E-state index is 0. The Kier molecular flexibility index (Phi) is 9.64. The molecule has 3 aromatic rings.